The van der Waals surface area contributed by atoms with Crippen LogP contribution in [-0.4, -0.2) is 40.4 Å². The van der Waals surface area contributed by atoms with Crippen LogP contribution in [0.5, 0.6) is 5.75 Å². The molecule has 0 bridgehead atoms. The molecule has 1 aromatic carbocycles. The third-order valence-corrected chi connectivity index (χ3v) is 4.32. The summed E-state index contributed by atoms with van der Waals surface area (Å²) in [4.78, 5) is 12.2. The van der Waals surface area contributed by atoms with Gasteiger partial charge in [0.25, 0.3) is 5.91 Å². The minimum absolute atomic E-state index is 0. The van der Waals surface area contributed by atoms with Crippen LogP contribution in [0, 0.1) is 18.7 Å². The third kappa shape index (κ3) is 4.49. The molecule has 6 nitrogen and oxygen atoms in total. The molecule has 2 aromatic rings. The molecule has 1 amide bonds. The number of carbonyl (C=O) groups is 1. The van der Waals surface area contributed by atoms with Crippen molar-refractivity contribution in [3.05, 3.63) is 41.5 Å². The van der Waals surface area contributed by atoms with Gasteiger partial charge >= 0.3 is 0 Å². The maximum Gasteiger partial charge on any atom is 0.275 e. The standard InChI is InChI=1S/C17H21FN4O2.ClH/c1-11-8-13(18)2-3-14(11)22-10-15(23)16(21-22)17(24)20-7-5-12-4-6-19-9-12;/h2-3,8,10,12,19,23H,4-7,9H2,1H3,(H,20,24);1H. The monoisotopic (exact) mass is 368 g/mol. The summed E-state index contributed by atoms with van der Waals surface area (Å²) >= 11 is 0. The highest BCUT2D eigenvalue weighted by Gasteiger charge is 2.19. The molecular weight excluding hydrogens is 347 g/mol. The highest BCUT2D eigenvalue weighted by atomic mass is 35.5. The summed E-state index contributed by atoms with van der Waals surface area (Å²) in [5, 5.41) is 20.2. The van der Waals surface area contributed by atoms with Crippen LogP contribution in [0.3, 0.4) is 0 Å². The van der Waals surface area contributed by atoms with E-state index >= 15 is 0 Å². The Labute approximate surface area is 151 Å². The summed E-state index contributed by atoms with van der Waals surface area (Å²) in [6, 6.07) is 4.26. The molecule has 1 saturated heterocycles. The lowest BCUT2D eigenvalue weighted by atomic mass is 10.1. The van der Waals surface area contributed by atoms with Crippen molar-refractivity contribution in [2.45, 2.75) is 19.8 Å². The molecule has 2 heterocycles. The molecule has 0 saturated carbocycles. The molecule has 3 rings (SSSR count). The third-order valence-electron chi connectivity index (χ3n) is 4.32. The van der Waals surface area contributed by atoms with E-state index in [1.54, 1.807) is 13.0 Å². The smallest absolute Gasteiger partial charge is 0.275 e. The fraction of sp³-hybridized carbons (Fsp3) is 0.412. The van der Waals surface area contributed by atoms with E-state index in [-0.39, 0.29) is 29.7 Å². The molecule has 0 aliphatic carbocycles. The van der Waals surface area contributed by atoms with Crippen molar-refractivity contribution in [2.24, 2.45) is 5.92 Å². The zero-order valence-electron chi connectivity index (χ0n) is 14.0. The topological polar surface area (TPSA) is 79.2 Å². The van der Waals surface area contributed by atoms with Crippen molar-refractivity contribution >= 4 is 18.3 Å². The molecule has 1 atom stereocenters. The van der Waals surface area contributed by atoms with E-state index in [9.17, 15) is 14.3 Å². The highest BCUT2D eigenvalue weighted by Crippen LogP contribution is 2.21. The summed E-state index contributed by atoms with van der Waals surface area (Å²) in [5.74, 6) is -0.360. The van der Waals surface area contributed by atoms with Crippen LogP contribution >= 0.6 is 12.4 Å². The molecular formula is C17H22ClFN4O2. The Kier molecular flexibility index (Phi) is 6.39. The number of halogens is 2. The fourth-order valence-corrected chi connectivity index (χ4v) is 2.96. The first-order valence-corrected chi connectivity index (χ1v) is 8.08. The van der Waals surface area contributed by atoms with Crippen molar-refractivity contribution < 1.29 is 14.3 Å². The average Bonchev–Trinajstić information content (AvgIpc) is 3.17. The summed E-state index contributed by atoms with van der Waals surface area (Å²) in [7, 11) is 0. The van der Waals surface area contributed by atoms with Crippen LogP contribution in [0.15, 0.2) is 24.4 Å². The molecule has 1 aliphatic rings. The van der Waals surface area contributed by atoms with Crippen molar-refractivity contribution in [1.82, 2.24) is 20.4 Å². The number of amides is 1. The van der Waals surface area contributed by atoms with Gasteiger partial charge < -0.3 is 15.7 Å². The zero-order chi connectivity index (χ0) is 17.1. The Morgan fingerprint density at radius 2 is 2.32 bits per heavy atom. The lowest BCUT2D eigenvalue weighted by Crippen LogP contribution is -2.27. The van der Waals surface area contributed by atoms with Crippen LogP contribution in [-0.2, 0) is 0 Å². The van der Waals surface area contributed by atoms with Gasteiger partial charge in [0.15, 0.2) is 11.4 Å². The molecule has 1 unspecified atom stereocenters. The van der Waals surface area contributed by atoms with Crippen molar-refractivity contribution in [3.8, 4) is 11.4 Å². The Morgan fingerprint density at radius 1 is 1.52 bits per heavy atom. The molecule has 25 heavy (non-hydrogen) atoms. The van der Waals surface area contributed by atoms with Gasteiger partial charge in [-0.3, -0.25) is 4.79 Å². The maximum absolute atomic E-state index is 13.2. The van der Waals surface area contributed by atoms with Gasteiger partial charge in [0.2, 0.25) is 0 Å². The SMILES string of the molecule is Cc1cc(F)ccc1-n1cc(O)c(C(=O)NCCC2CCNC2)n1.Cl. The Hall–Kier alpha value is -2.12. The van der Waals surface area contributed by atoms with Gasteiger partial charge in [-0.1, -0.05) is 0 Å². The van der Waals surface area contributed by atoms with Crippen LogP contribution in [0.4, 0.5) is 4.39 Å². The maximum atomic E-state index is 13.2. The van der Waals surface area contributed by atoms with Crippen molar-refractivity contribution in [3.63, 3.8) is 0 Å². The van der Waals surface area contributed by atoms with Gasteiger partial charge in [-0.05, 0) is 62.5 Å². The van der Waals surface area contributed by atoms with Crippen LogP contribution in [0.25, 0.3) is 5.69 Å². The molecule has 3 N–H and O–H groups in total. The number of carbonyl (C=O) groups excluding carboxylic acids is 1. The number of nitrogens with zero attached hydrogens (tertiary/aromatic N) is 2. The van der Waals surface area contributed by atoms with Crippen LogP contribution in [0.2, 0.25) is 0 Å². The Bertz CT molecular complexity index is 744. The predicted molar refractivity (Wildman–Crippen MR) is 95.1 cm³/mol. The summed E-state index contributed by atoms with van der Waals surface area (Å²) in [6.07, 6.45) is 3.38. The summed E-state index contributed by atoms with van der Waals surface area (Å²) in [5.41, 5.74) is 1.25. The van der Waals surface area contributed by atoms with Gasteiger partial charge in [-0.2, -0.15) is 5.10 Å². The van der Waals surface area contributed by atoms with E-state index in [1.807, 2.05) is 0 Å². The lowest BCUT2D eigenvalue weighted by Gasteiger charge is -2.08. The van der Waals surface area contributed by atoms with Gasteiger partial charge in [0.05, 0.1) is 11.9 Å². The largest absolute Gasteiger partial charge is 0.504 e. The number of rotatable bonds is 5. The van der Waals surface area contributed by atoms with E-state index in [4.69, 9.17) is 0 Å². The molecule has 0 radical (unpaired) electrons. The number of hydrogen-bond donors (Lipinski definition) is 3. The average molecular weight is 369 g/mol. The van der Waals surface area contributed by atoms with E-state index in [1.165, 1.54) is 23.0 Å². The quantitative estimate of drug-likeness (QED) is 0.755. The zero-order valence-corrected chi connectivity index (χ0v) is 14.8. The van der Waals surface area contributed by atoms with Gasteiger partial charge in [-0.25, -0.2) is 9.07 Å². The van der Waals surface area contributed by atoms with Crippen LogP contribution < -0.4 is 10.6 Å². The fourth-order valence-electron chi connectivity index (χ4n) is 2.96. The van der Waals surface area contributed by atoms with Gasteiger partial charge in [0, 0.05) is 6.54 Å². The minimum Gasteiger partial charge on any atom is -0.504 e. The number of nitrogens with one attached hydrogen (secondary N) is 2. The molecule has 136 valence electrons. The number of hydrogen-bond acceptors (Lipinski definition) is 4. The summed E-state index contributed by atoms with van der Waals surface area (Å²) < 4.78 is 14.6. The summed E-state index contributed by atoms with van der Waals surface area (Å²) in [6.45, 7) is 4.31. The van der Waals surface area contributed by atoms with E-state index in [0.29, 0.717) is 23.7 Å². The molecule has 0 spiro atoms. The van der Waals surface area contributed by atoms with Gasteiger partial charge in [-0.15, -0.1) is 12.4 Å². The van der Waals surface area contributed by atoms with Crippen molar-refractivity contribution in [1.29, 1.82) is 0 Å². The second-order valence-electron chi connectivity index (χ2n) is 6.14. The first-order chi connectivity index (χ1) is 11.5. The van der Waals surface area contributed by atoms with E-state index in [2.05, 4.69) is 15.7 Å². The molecule has 1 aliphatic heterocycles. The van der Waals surface area contributed by atoms with E-state index < -0.39 is 5.91 Å². The number of aryl methyl sites for hydroxylation is 1. The van der Waals surface area contributed by atoms with Crippen molar-refractivity contribution in [2.75, 3.05) is 19.6 Å². The first-order valence-electron chi connectivity index (χ1n) is 8.08. The number of aromatic nitrogens is 2. The predicted octanol–water partition coefficient (Wildman–Crippen LogP) is 2.18. The first kappa shape index (κ1) is 19.2. The molecule has 1 fully saturated rings. The Morgan fingerprint density at radius 3 is 3.00 bits per heavy atom. The highest BCUT2D eigenvalue weighted by molar-refractivity contribution is 5.94. The molecule has 8 heteroatoms. The molecule has 1 aromatic heterocycles. The van der Waals surface area contributed by atoms with Gasteiger partial charge in [0.1, 0.15) is 5.82 Å². The minimum atomic E-state index is -0.406. The number of aromatic hydroxyl groups is 1. The Balaban J connectivity index is 0.00000225. The van der Waals surface area contributed by atoms with E-state index in [0.717, 1.165) is 25.9 Å². The van der Waals surface area contributed by atoms with Crippen LogP contribution in [0.1, 0.15) is 28.9 Å². The number of benzene rings is 1. The normalized spacial score (nSPS) is 16.5. The second kappa shape index (κ2) is 8.31. The lowest BCUT2D eigenvalue weighted by molar-refractivity contribution is 0.0943. The second-order valence-corrected chi connectivity index (χ2v) is 6.14.